The molecule has 2 fully saturated rings. The number of ether oxygens (including phenoxy) is 5. The van der Waals surface area contributed by atoms with E-state index in [1.54, 1.807) is 6.07 Å². The van der Waals surface area contributed by atoms with E-state index in [2.05, 4.69) is 0 Å². The van der Waals surface area contributed by atoms with E-state index in [9.17, 15) is 50.4 Å². The lowest BCUT2D eigenvalue weighted by molar-refractivity contribution is -0.289. The maximum Gasteiger partial charge on any atom is 0.330 e. The monoisotopic (exact) mass is 636 g/mol. The minimum atomic E-state index is -2.07. The van der Waals surface area contributed by atoms with Gasteiger partial charge in [0.1, 0.15) is 42.9 Å². The highest BCUT2D eigenvalue weighted by atomic mass is 16.7. The molecule has 8 unspecified atom stereocenters. The van der Waals surface area contributed by atoms with E-state index in [1.807, 2.05) is 0 Å². The molecule has 2 heterocycles. The molecule has 0 spiro atoms. The normalized spacial score (nSPS) is 30.0. The highest BCUT2D eigenvalue weighted by Gasteiger charge is 2.51. The number of hydrogen-bond acceptors (Lipinski definition) is 15. The van der Waals surface area contributed by atoms with Gasteiger partial charge in [-0.15, -0.1) is 0 Å². The zero-order valence-corrected chi connectivity index (χ0v) is 24.1. The molecule has 0 radical (unpaired) electrons. The molecule has 0 bridgehead atoms. The Morgan fingerprint density at radius 3 is 2.40 bits per heavy atom. The number of rotatable bonds is 12. The molecular formula is C30H36O15. The highest BCUT2D eigenvalue weighted by Crippen LogP contribution is 2.33. The standard InChI is InChI=1S/C30H36O15/c1-15(31)2-3-17-5-8-19(33)21(11-17)44-28-26(38)25(37)24(36)22(45-28)12-41-29-27(39)30(40,14-43-29)13-42-23(35)9-6-16-4-7-18(32)20(34)10-16/h4-11,22,24-29,32-34,36-40H,2-3,12-14H2,1H3. The number of hydrogen-bond donors (Lipinski definition) is 8. The van der Waals surface area contributed by atoms with Crippen molar-refractivity contribution in [3.63, 3.8) is 0 Å². The third kappa shape index (κ3) is 8.47. The van der Waals surface area contributed by atoms with Crippen molar-refractivity contribution in [3.05, 3.63) is 53.6 Å². The Morgan fingerprint density at radius 2 is 1.69 bits per heavy atom. The van der Waals surface area contributed by atoms with Crippen molar-refractivity contribution in [1.29, 1.82) is 0 Å². The number of carbonyl (C=O) groups is 2. The molecule has 246 valence electrons. The summed E-state index contributed by atoms with van der Waals surface area (Å²) < 4.78 is 27.0. The number of aryl methyl sites for hydroxylation is 1. The smallest absolute Gasteiger partial charge is 0.330 e. The third-order valence-corrected chi connectivity index (χ3v) is 7.31. The first kappa shape index (κ1) is 34.1. The molecule has 2 aromatic rings. The van der Waals surface area contributed by atoms with Crippen molar-refractivity contribution in [2.45, 2.75) is 68.5 Å². The summed E-state index contributed by atoms with van der Waals surface area (Å²) in [4.78, 5) is 23.4. The fourth-order valence-corrected chi connectivity index (χ4v) is 4.57. The van der Waals surface area contributed by atoms with Gasteiger partial charge in [0.2, 0.25) is 6.29 Å². The van der Waals surface area contributed by atoms with Gasteiger partial charge in [-0.05, 0) is 54.8 Å². The van der Waals surface area contributed by atoms with Gasteiger partial charge in [-0.1, -0.05) is 12.1 Å². The third-order valence-electron chi connectivity index (χ3n) is 7.31. The number of phenolic OH excluding ortho intramolecular Hbond substituents is 3. The van der Waals surface area contributed by atoms with Crippen LogP contribution in [0.15, 0.2) is 42.5 Å². The molecule has 8 atom stereocenters. The van der Waals surface area contributed by atoms with E-state index in [0.717, 1.165) is 6.08 Å². The molecule has 45 heavy (non-hydrogen) atoms. The summed E-state index contributed by atoms with van der Waals surface area (Å²) in [5.41, 5.74) is -1.03. The van der Waals surface area contributed by atoms with Crippen LogP contribution in [0, 0.1) is 0 Å². The van der Waals surface area contributed by atoms with E-state index in [4.69, 9.17) is 23.7 Å². The Labute approximate surface area is 257 Å². The minimum absolute atomic E-state index is 0.0333. The van der Waals surface area contributed by atoms with Gasteiger partial charge < -0.3 is 69.3 Å². The summed E-state index contributed by atoms with van der Waals surface area (Å²) in [6, 6.07) is 8.25. The Morgan fingerprint density at radius 1 is 0.956 bits per heavy atom. The first-order valence-electron chi connectivity index (χ1n) is 14.0. The van der Waals surface area contributed by atoms with Crippen LogP contribution in [0.5, 0.6) is 23.0 Å². The molecule has 2 aromatic carbocycles. The maximum absolute atomic E-state index is 12.1. The number of carbonyl (C=O) groups excluding carboxylic acids is 2. The Balaban J connectivity index is 1.31. The predicted molar refractivity (Wildman–Crippen MR) is 151 cm³/mol. The summed E-state index contributed by atoms with van der Waals surface area (Å²) in [6.07, 6.45) is -8.33. The van der Waals surface area contributed by atoms with Crippen LogP contribution in [-0.2, 0) is 35.0 Å². The van der Waals surface area contributed by atoms with Gasteiger partial charge in [0.25, 0.3) is 0 Å². The molecule has 0 aromatic heterocycles. The second kappa shape index (κ2) is 14.5. The zero-order valence-electron chi connectivity index (χ0n) is 24.1. The van der Waals surface area contributed by atoms with Crippen molar-refractivity contribution in [2.75, 3.05) is 19.8 Å². The topological polar surface area (TPSA) is 242 Å². The molecule has 8 N–H and O–H groups in total. The number of benzene rings is 2. The lowest BCUT2D eigenvalue weighted by Crippen LogP contribution is -2.60. The average molecular weight is 637 g/mol. The zero-order chi connectivity index (χ0) is 32.9. The maximum atomic E-state index is 12.1. The molecule has 0 saturated carbocycles. The fourth-order valence-electron chi connectivity index (χ4n) is 4.57. The molecule has 2 aliphatic heterocycles. The molecule has 15 heteroatoms. The number of phenols is 3. The van der Waals surface area contributed by atoms with Crippen LogP contribution in [0.2, 0.25) is 0 Å². The van der Waals surface area contributed by atoms with Gasteiger partial charge >= 0.3 is 5.97 Å². The van der Waals surface area contributed by atoms with E-state index in [0.29, 0.717) is 17.5 Å². The van der Waals surface area contributed by atoms with Gasteiger partial charge in [-0.3, -0.25) is 0 Å². The van der Waals surface area contributed by atoms with Crippen molar-refractivity contribution in [2.24, 2.45) is 0 Å². The summed E-state index contributed by atoms with van der Waals surface area (Å²) >= 11 is 0. The lowest BCUT2D eigenvalue weighted by Gasteiger charge is -2.40. The minimum Gasteiger partial charge on any atom is -0.504 e. The van der Waals surface area contributed by atoms with E-state index in [-0.39, 0.29) is 35.2 Å². The van der Waals surface area contributed by atoms with Crippen LogP contribution in [0.4, 0.5) is 0 Å². The predicted octanol–water partition coefficient (Wildman–Crippen LogP) is -0.767. The molecule has 2 aliphatic rings. The molecule has 0 amide bonds. The first-order chi connectivity index (χ1) is 21.3. The van der Waals surface area contributed by atoms with Crippen LogP contribution in [0.25, 0.3) is 6.08 Å². The number of Topliss-reactive ketones (excluding diaryl/α,β-unsaturated/α-hetero) is 1. The van der Waals surface area contributed by atoms with E-state index < -0.39 is 74.5 Å². The largest absolute Gasteiger partial charge is 0.504 e. The van der Waals surface area contributed by atoms with Crippen molar-refractivity contribution in [1.82, 2.24) is 0 Å². The number of aliphatic hydroxyl groups is 5. The van der Waals surface area contributed by atoms with Crippen LogP contribution in [0.3, 0.4) is 0 Å². The average Bonchev–Trinajstić information content (AvgIpc) is 3.29. The summed E-state index contributed by atoms with van der Waals surface area (Å²) in [6.45, 7) is -0.258. The van der Waals surface area contributed by atoms with Gasteiger partial charge in [-0.2, -0.15) is 0 Å². The summed E-state index contributed by atoms with van der Waals surface area (Å²) in [5.74, 6) is -2.05. The Kier molecular flexibility index (Phi) is 11.0. The van der Waals surface area contributed by atoms with Gasteiger partial charge in [0.15, 0.2) is 34.9 Å². The first-order valence-corrected chi connectivity index (χ1v) is 14.0. The van der Waals surface area contributed by atoms with Gasteiger partial charge in [0.05, 0.1) is 13.2 Å². The van der Waals surface area contributed by atoms with Crippen LogP contribution < -0.4 is 4.74 Å². The van der Waals surface area contributed by atoms with Gasteiger partial charge in [-0.25, -0.2) is 4.79 Å². The van der Waals surface area contributed by atoms with Crippen LogP contribution in [0.1, 0.15) is 24.5 Å². The highest BCUT2D eigenvalue weighted by molar-refractivity contribution is 5.87. The quantitative estimate of drug-likeness (QED) is 0.0811. The number of esters is 1. The molecule has 4 rings (SSSR count). The summed E-state index contributed by atoms with van der Waals surface area (Å²) in [5, 5.41) is 81.9. The van der Waals surface area contributed by atoms with Crippen molar-refractivity contribution < 1.29 is 74.1 Å². The molecular weight excluding hydrogens is 600 g/mol. The Bertz CT molecular complexity index is 1380. The second-order valence-corrected chi connectivity index (χ2v) is 10.9. The van der Waals surface area contributed by atoms with E-state index >= 15 is 0 Å². The number of aliphatic hydroxyl groups excluding tert-OH is 4. The van der Waals surface area contributed by atoms with Crippen LogP contribution >= 0.6 is 0 Å². The van der Waals surface area contributed by atoms with E-state index in [1.165, 1.54) is 43.3 Å². The molecule has 2 saturated heterocycles. The van der Waals surface area contributed by atoms with Gasteiger partial charge in [0, 0.05) is 12.5 Å². The molecule has 0 aliphatic carbocycles. The van der Waals surface area contributed by atoms with Crippen LogP contribution in [-0.4, -0.2) is 121 Å². The lowest BCUT2D eigenvalue weighted by atomic mass is 9.99. The Hall–Kier alpha value is -3.80. The van der Waals surface area contributed by atoms with Crippen molar-refractivity contribution in [3.8, 4) is 23.0 Å². The fraction of sp³-hybridized carbons (Fsp3) is 0.467. The SMILES string of the molecule is CC(=O)CCc1ccc(O)c(OC2OC(COC3OCC(O)(COC(=O)C=Cc4ccc(O)c(O)c4)C3O)C(O)C(O)C2O)c1. The van der Waals surface area contributed by atoms with Crippen molar-refractivity contribution >= 4 is 17.8 Å². The number of aromatic hydroxyl groups is 3. The number of ketones is 1. The molecule has 15 nitrogen and oxygen atoms in total. The summed E-state index contributed by atoms with van der Waals surface area (Å²) in [7, 11) is 0. The second-order valence-electron chi connectivity index (χ2n) is 10.9.